The molecule has 8 heteroatoms. The van der Waals surface area contributed by atoms with Gasteiger partial charge in [0.15, 0.2) is 0 Å². The van der Waals surface area contributed by atoms with Gasteiger partial charge < -0.3 is 10.1 Å². The molecule has 3 aromatic rings. The minimum absolute atomic E-state index is 0.150. The smallest absolute Gasteiger partial charge is 0.243 e. The second-order valence-electron chi connectivity index (χ2n) is 7.80. The number of hydrogen-bond donors (Lipinski definition) is 1. The van der Waals surface area contributed by atoms with E-state index in [4.69, 9.17) is 16.3 Å². The zero-order chi connectivity index (χ0) is 22.6. The quantitative estimate of drug-likeness (QED) is 0.525. The molecule has 6 nitrogen and oxygen atoms in total. The van der Waals surface area contributed by atoms with E-state index in [1.54, 1.807) is 12.1 Å². The highest BCUT2D eigenvalue weighted by atomic mass is 35.5. The second kappa shape index (κ2) is 9.90. The SMILES string of the molecule is O=C(NCCOc1ccc2ccccc2c1)[C@H]1CCCN(S(=O)(=O)c2ccc(Cl)cc2)C1. The van der Waals surface area contributed by atoms with Gasteiger partial charge in [-0.15, -0.1) is 0 Å². The van der Waals surface area contributed by atoms with E-state index in [0.717, 1.165) is 16.5 Å². The van der Waals surface area contributed by atoms with Crippen molar-refractivity contribution >= 4 is 38.3 Å². The molecule has 1 heterocycles. The molecule has 0 saturated carbocycles. The maximum Gasteiger partial charge on any atom is 0.243 e. The third kappa shape index (κ3) is 5.23. The van der Waals surface area contributed by atoms with Crippen LogP contribution in [0.3, 0.4) is 0 Å². The number of benzene rings is 3. The Morgan fingerprint density at radius 1 is 1.06 bits per heavy atom. The van der Waals surface area contributed by atoms with Gasteiger partial charge in [-0.3, -0.25) is 4.79 Å². The Labute approximate surface area is 193 Å². The number of fused-ring (bicyclic) bond motifs is 1. The lowest BCUT2D eigenvalue weighted by Gasteiger charge is -2.31. The first kappa shape index (κ1) is 22.6. The van der Waals surface area contributed by atoms with Gasteiger partial charge in [0.2, 0.25) is 15.9 Å². The molecule has 1 aliphatic heterocycles. The number of ether oxygens (including phenoxy) is 1. The summed E-state index contributed by atoms with van der Waals surface area (Å²) >= 11 is 5.87. The average molecular weight is 473 g/mol. The van der Waals surface area contributed by atoms with Crippen molar-refractivity contribution in [3.05, 3.63) is 71.8 Å². The lowest BCUT2D eigenvalue weighted by Crippen LogP contribution is -2.45. The van der Waals surface area contributed by atoms with Gasteiger partial charge in [0.1, 0.15) is 12.4 Å². The summed E-state index contributed by atoms with van der Waals surface area (Å²) in [6.45, 7) is 1.26. The summed E-state index contributed by atoms with van der Waals surface area (Å²) in [5, 5.41) is 5.59. The van der Waals surface area contributed by atoms with Crippen LogP contribution >= 0.6 is 11.6 Å². The van der Waals surface area contributed by atoms with Gasteiger partial charge in [-0.25, -0.2) is 8.42 Å². The lowest BCUT2D eigenvalue weighted by molar-refractivity contribution is -0.126. The standard InChI is InChI=1S/C24H25ClN2O4S/c25-21-8-11-23(12-9-21)32(29,30)27-14-3-6-20(17-27)24(28)26-13-15-31-22-10-7-18-4-1-2-5-19(18)16-22/h1-2,4-5,7-12,16,20H,3,6,13-15,17H2,(H,26,28)/t20-/m0/s1. The number of carbonyl (C=O) groups is 1. The molecule has 1 aliphatic rings. The summed E-state index contributed by atoms with van der Waals surface area (Å²) in [7, 11) is -3.65. The van der Waals surface area contributed by atoms with Crippen LogP contribution in [0.1, 0.15) is 12.8 Å². The highest BCUT2D eigenvalue weighted by Gasteiger charge is 2.33. The van der Waals surface area contributed by atoms with Crippen molar-refractivity contribution in [2.45, 2.75) is 17.7 Å². The Balaban J connectivity index is 1.28. The summed E-state index contributed by atoms with van der Waals surface area (Å²) in [5.74, 6) is 0.213. The predicted molar refractivity (Wildman–Crippen MR) is 125 cm³/mol. The topological polar surface area (TPSA) is 75.7 Å². The van der Waals surface area contributed by atoms with Crippen LogP contribution in [-0.4, -0.2) is 44.9 Å². The molecule has 1 amide bonds. The molecule has 0 bridgehead atoms. The van der Waals surface area contributed by atoms with Crippen molar-refractivity contribution in [2.24, 2.45) is 5.92 Å². The fraction of sp³-hybridized carbons (Fsp3) is 0.292. The van der Waals surface area contributed by atoms with Crippen LogP contribution in [0.25, 0.3) is 10.8 Å². The van der Waals surface area contributed by atoms with Crippen LogP contribution in [0.2, 0.25) is 5.02 Å². The highest BCUT2D eigenvalue weighted by Crippen LogP contribution is 2.25. The van der Waals surface area contributed by atoms with Gasteiger partial charge in [-0.05, 0) is 60.0 Å². The Bertz CT molecular complexity index is 1200. The van der Waals surface area contributed by atoms with E-state index in [2.05, 4.69) is 5.32 Å². The molecule has 4 rings (SSSR count). The molecular weight excluding hydrogens is 448 g/mol. The molecular formula is C24H25ClN2O4S. The third-order valence-electron chi connectivity index (χ3n) is 5.60. The first-order valence-electron chi connectivity index (χ1n) is 10.6. The van der Waals surface area contributed by atoms with E-state index in [1.807, 2.05) is 42.5 Å². The number of nitrogens with zero attached hydrogens (tertiary/aromatic N) is 1. The molecule has 1 fully saturated rings. The number of sulfonamides is 1. The number of hydrogen-bond acceptors (Lipinski definition) is 4. The van der Waals surface area contributed by atoms with Gasteiger partial charge in [-0.2, -0.15) is 4.31 Å². The van der Waals surface area contributed by atoms with E-state index >= 15 is 0 Å². The van der Waals surface area contributed by atoms with Crippen LogP contribution in [0, 0.1) is 5.92 Å². The van der Waals surface area contributed by atoms with Crippen molar-refractivity contribution in [2.75, 3.05) is 26.2 Å². The Morgan fingerprint density at radius 2 is 1.81 bits per heavy atom. The van der Waals surface area contributed by atoms with E-state index in [1.165, 1.54) is 16.4 Å². The van der Waals surface area contributed by atoms with E-state index in [-0.39, 0.29) is 23.3 Å². The number of carbonyl (C=O) groups excluding carboxylic acids is 1. The number of nitrogens with one attached hydrogen (secondary N) is 1. The molecule has 0 spiro atoms. The largest absolute Gasteiger partial charge is 0.492 e. The van der Waals surface area contributed by atoms with Gasteiger partial charge >= 0.3 is 0 Å². The van der Waals surface area contributed by atoms with Crippen molar-refractivity contribution in [1.82, 2.24) is 9.62 Å². The minimum atomic E-state index is -3.65. The molecule has 32 heavy (non-hydrogen) atoms. The van der Waals surface area contributed by atoms with Crippen LogP contribution < -0.4 is 10.1 Å². The lowest BCUT2D eigenvalue weighted by atomic mass is 9.99. The normalized spacial score (nSPS) is 17.2. The van der Waals surface area contributed by atoms with Crippen LogP contribution in [0.5, 0.6) is 5.75 Å². The number of rotatable bonds is 7. The van der Waals surface area contributed by atoms with Crippen LogP contribution in [0.4, 0.5) is 0 Å². The number of amides is 1. The molecule has 0 unspecified atom stereocenters. The maximum atomic E-state index is 12.9. The van der Waals surface area contributed by atoms with E-state index in [9.17, 15) is 13.2 Å². The fourth-order valence-electron chi connectivity index (χ4n) is 3.88. The molecule has 0 radical (unpaired) electrons. The Kier molecular flexibility index (Phi) is 6.98. The molecule has 1 atom stereocenters. The van der Waals surface area contributed by atoms with E-state index < -0.39 is 10.0 Å². The molecule has 3 aromatic carbocycles. The summed E-state index contributed by atoms with van der Waals surface area (Å²) in [5.41, 5.74) is 0. The fourth-order valence-corrected chi connectivity index (χ4v) is 5.52. The van der Waals surface area contributed by atoms with Crippen molar-refractivity contribution in [3.63, 3.8) is 0 Å². The van der Waals surface area contributed by atoms with Crippen molar-refractivity contribution < 1.29 is 17.9 Å². The second-order valence-corrected chi connectivity index (χ2v) is 10.2. The maximum absolute atomic E-state index is 12.9. The minimum Gasteiger partial charge on any atom is -0.492 e. The first-order valence-corrected chi connectivity index (χ1v) is 12.4. The van der Waals surface area contributed by atoms with E-state index in [0.29, 0.717) is 37.6 Å². The third-order valence-corrected chi connectivity index (χ3v) is 7.73. The zero-order valence-corrected chi connectivity index (χ0v) is 19.1. The van der Waals surface area contributed by atoms with Crippen molar-refractivity contribution in [3.8, 4) is 5.75 Å². The van der Waals surface area contributed by atoms with Gasteiger partial charge in [0.25, 0.3) is 0 Å². The zero-order valence-electron chi connectivity index (χ0n) is 17.5. The van der Waals surface area contributed by atoms with Crippen LogP contribution in [-0.2, 0) is 14.8 Å². The monoisotopic (exact) mass is 472 g/mol. The average Bonchev–Trinajstić information content (AvgIpc) is 2.82. The van der Waals surface area contributed by atoms with Crippen LogP contribution in [0.15, 0.2) is 71.6 Å². The summed E-state index contributed by atoms with van der Waals surface area (Å²) in [6.07, 6.45) is 1.29. The Morgan fingerprint density at radius 3 is 2.59 bits per heavy atom. The van der Waals surface area contributed by atoms with Crippen molar-refractivity contribution in [1.29, 1.82) is 0 Å². The summed E-state index contributed by atoms with van der Waals surface area (Å²) in [6, 6.07) is 20.0. The molecule has 1 saturated heterocycles. The number of halogens is 1. The summed E-state index contributed by atoms with van der Waals surface area (Å²) in [4.78, 5) is 12.8. The molecule has 168 valence electrons. The molecule has 0 aliphatic carbocycles. The van der Waals surface area contributed by atoms with Gasteiger partial charge in [0.05, 0.1) is 17.4 Å². The van der Waals surface area contributed by atoms with Gasteiger partial charge in [0, 0.05) is 18.1 Å². The number of piperidine rings is 1. The Hall–Kier alpha value is -2.61. The molecule has 1 N–H and O–H groups in total. The molecule has 0 aromatic heterocycles. The predicted octanol–water partition coefficient (Wildman–Crippen LogP) is 4.09. The first-order chi connectivity index (χ1) is 15.4. The van der Waals surface area contributed by atoms with Gasteiger partial charge in [-0.1, -0.05) is 41.9 Å². The highest BCUT2D eigenvalue weighted by molar-refractivity contribution is 7.89. The summed E-state index contributed by atoms with van der Waals surface area (Å²) < 4.78 is 33.0.